The van der Waals surface area contributed by atoms with Crippen molar-refractivity contribution in [3.63, 3.8) is 0 Å². The number of carboxylic acids is 1. The molecule has 1 N–H and O–H groups in total. The van der Waals surface area contributed by atoms with Gasteiger partial charge in [0.15, 0.2) is 0 Å². The zero-order chi connectivity index (χ0) is 14.8. The third kappa shape index (κ3) is 2.69. The molecule has 106 valence electrons. The Hall–Kier alpha value is -2.89. The number of aromatic carboxylic acids is 1. The number of hydrogen-bond donors (Lipinski definition) is 1. The highest BCUT2D eigenvalue weighted by molar-refractivity contribution is 5.88. The van der Waals surface area contributed by atoms with Gasteiger partial charge in [0.1, 0.15) is 5.56 Å². The van der Waals surface area contributed by atoms with Crippen molar-refractivity contribution >= 4 is 5.97 Å². The summed E-state index contributed by atoms with van der Waals surface area (Å²) in [7, 11) is 0. The fourth-order valence-corrected chi connectivity index (χ4v) is 2.15. The molecule has 6 nitrogen and oxygen atoms in total. The van der Waals surface area contributed by atoms with Crippen LogP contribution >= 0.6 is 0 Å². The molecule has 0 aliphatic carbocycles. The summed E-state index contributed by atoms with van der Waals surface area (Å²) in [5.41, 5.74) is 2.52. The van der Waals surface area contributed by atoms with Crippen LogP contribution in [0.1, 0.15) is 21.7 Å². The van der Waals surface area contributed by atoms with E-state index in [2.05, 4.69) is 10.2 Å². The van der Waals surface area contributed by atoms with Crippen LogP contribution in [0.25, 0.3) is 5.69 Å². The van der Waals surface area contributed by atoms with Gasteiger partial charge in [-0.15, -0.1) is 0 Å². The van der Waals surface area contributed by atoms with E-state index < -0.39 is 5.97 Å². The number of nitrogens with zero attached hydrogens (tertiary/aromatic N) is 4. The summed E-state index contributed by atoms with van der Waals surface area (Å²) >= 11 is 0. The average Bonchev–Trinajstić information content (AvgIpc) is 3.07. The van der Waals surface area contributed by atoms with Crippen molar-refractivity contribution in [3.8, 4) is 5.69 Å². The van der Waals surface area contributed by atoms with Crippen LogP contribution in [0.3, 0.4) is 0 Å². The maximum Gasteiger partial charge on any atom is 0.339 e. The Morgan fingerprint density at radius 2 is 1.95 bits per heavy atom. The number of hydrogen-bond acceptors (Lipinski definition) is 3. The van der Waals surface area contributed by atoms with Crippen molar-refractivity contribution in [2.75, 3.05) is 0 Å². The summed E-state index contributed by atoms with van der Waals surface area (Å²) in [5.74, 6) is -0.964. The third-order valence-electron chi connectivity index (χ3n) is 3.17. The SMILES string of the molecule is Cc1nn(Cc2ccn(-c3ccccc3)n2)cc1C(=O)O. The van der Waals surface area contributed by atoms with Crippen LogP contribution in [0.15, 0.2) is 48.8 Å². The highest BCUT2D eigenvalue weighted by Gasteiger charge is 2.12. The third-order valence-corrected chi connectivity index (χ3v) is 3.17. The van der Waals surface area contributed by atoms with Gasteiger partial charge < -0.3 is 5.11 Å². The number of aromatic nitrogens is 4. The molecule has 0 atom stereocenters. The Labute approximate surface area is 121 Å². The van der Waals surface area contributed by atoms with Crippen LogP contribution in [-0.4, -0.2) is 30.6 Å². The molecule has 0 saturated heterocycles. The van der Waals surface area contributed by atoms with Crippen LogP contribution in [0, 0.1) is 6.92 Å². The van der Waals surface area contributed by atoms with Crippen molar-refractivity contribution in [1.29, 1.82) is 0 Å². The summed E-state index contributed by atoms with van der Waals surface area (Å²) in [6.45, 7) is 2.12. The van der Waals surface area contributed by atoms with Gasteiger partial charge in [0.2, 0.25) is 0 Å². The Kier molecular flexibility index (Phi) is 3.27. The minimum atomic E-state index is -0.964. The number of carboxylic acid groups (broad SMARTS) is 1. The normalized spacial score (nSPS) is 10.7. The molecule has 6 heteroatoms. The number of aryl methyl sites for hydroxylation is 1. The van der Waals surface area contributed by atoms with Gasteiger partial charge in [0.25, 0.3) is 0 Å². The van der Waals surface area contributed by atoms with E-state index in [4.69, 9.17) is 5.11 Å². The lowest BCUT2D eigenvalue weighted by molar-refractivity contribution is 0.0696. The summed E-state index contributed by atoms with van der Waals surface area (Å²) in [6, 6.07) is 11.7. The molecule has 0 aliphatic heterocycles. The molecule has 3 aromatic rings. The van der Waals surface area contributed by atoms with Crippen LogP contribution < -0.4 is 0 Å². The quantitative estimate of drug-likeness (QED) is 0.795. The molecule has 0 fully saturated rings. The predicted molar refractivity (Wildman–Crippen MR) is 76.6 cm³/mol. The Balaban J connectivity index is 1.82. The first-order chi connectivity index (χ1) is 10.1. The van der Waals surface area contributed by atoms with E-state index in [1.807, 2.05) is 42.6 Å². The van der Waals surface area contributed by atoms with Crippen LogP contribution in [-0.2, 0) is 6.54 Å². The first kappa shape index (κ1) is 13.1. The first-order valence-electron chi connectivity index (χ1n) is 6.51. The zero-order valence-corrected chi connectivity index (χ0v) is 11.5. The molecule has 0 aliphatic rings. The Bertz CT molecular complexity index is 774. The largest absolute Gasteiger partial charge is 0.478 e. The number of para-hydroxylation sites is 1. The predicted octanol–water partition coefficient (Wildman–Crippen LogP) is 2.12. The summed E-state index contributed by atoms with van der Waals surface area (Å²) in [4.78, 5) is 11.0. The lowest BCUT2D eigenvalue weighted by Crippen LogP contribution is -2.03. The summed E-state index contributed by atoms with van der Waals surface area (Å²) in [6.07, 6.45) is 3.40. The van der Waals surface area contributed by atoms with Gasteiger partial charge in [0, 0.05) is 12.4 Å². The Morgan fingerprint density at radius 1 is 1.19 bits per heavy atom. The van der Waals surface area contributed by atoms with Gasteiger partial charge in [-0.25, -0.2) is 9.48 Å². The molecule has 3 rings (SSSR count). The zero-order valence-electron chi connectivity index (χ0n) is 11.5. The second-order valence-corrected chi connectivity index (χ2v) is 4.72. The van der Waals surface area contributed by atoms with Gasteiger partial charge in [-0.05, 0) is 25.1 Å². The van der Waals surface area contributed by atoms with Gasteiger partial charge >= 0.3 is 5.97 Å². The summed E-state index contributed by atoms with van der Waals surface area (Å²) in [5, 5.41) is 17.7. The minimum Gasteiger partial charge on any atom is -0.478 e. The fourth-order valence-electron chi connectivity index (χ4n) is 2.15. The van der Waals surface area contributed by atoms with Crippen molar-refractivity contribution in [2.45, 2.75) is 13.5 Å². The maximum absolute atomic E-state index is 11.0. The van der Waals surface area contributed by atoms with Crippen LogP contribution in [0.4, 0.5) is 0 Å². The highest BCUT2D eigenvalue weighted by Crippen LogP contribution is 2.10. The second-order valence-electron chi connectivity index (χ2n) is 4.72. The van der Waals surface area contributed by atoms with Gasteiger partial charge in [0.05, 0.1) is 23.6 Å². The molecule has 0 unspecified atom stereocenters. The molecule has 0 spiro atoms. The van der Waals surface area contributed by atoms with Crippen LogP contribution in [0.2, 0.25) is 0 Å². The molecule has 1 aromatic carbocycles. The molecule has 0 radical (unpaired) electrons. The lowest BCUT2D eigenvalue weighted by Gasteiger charge is -2.00. The first-order valence-corrected chi connectivity index (χ1v) is 6.51. The van der Waals surface area contributed by atoms with E-state index >= 15 is 0 Å². The van der Waals surface area contributed by atoms with Crippen LogP contribution in [0.5, 0.6) is 0 Å². The molecule has 2 heterocycles. The van der Waals surface area contributed by atoms with E-state index in [1.54, 1.807) is 16.3 Å². The molecule has 21 heavy (non-hydrogen) atoms. The standard InChI is InChI=1S/C15H14N4O2/c1-11-14(15(20)21)10-18(16-11)9-12-7-8-19(17-12)13-5-3-2-4-6-13/h2-8,10H,9H2,1H3,(H,20,21). The van der Waals surface area contributed by atoms with Crippen molar-refractivity contribution in [2.24, 2.45) is 0 Å². The van der Waals surface area contributed by atoms with E-state index in [9.17, 15) is 4.79 Å². The maximum atomic E-state index is 11.0. The summed E-state index contributed by atoms with van der Waals surface area (Å²) < 4.78 is 3.38. The van der Waals surface area contributed by atoms with Crippen molar-refractivity contribution < 1.29 is 9.90 Å². The van der Waals surface area contributed by atoms with Crippen molar-refractivity contribution in [3.05, 3.63) is 65.7 Å². The van der Waals surface area contributed by atoms with E-state index in [0.717, 1.165) is 11.4 Å². The van der Waals surface area contributed by atoms with Gasteiger partial charge in [-0.3, -0.25) is 4.68 Å². The smallest absolute Gasteiger partial charge is 0.339 e. The molecule has 0 bridgehead atoms. The highest BCUT2D eigenvalue weighted by atomic mass is 16.4. The molecule has 0 amide bonds. The molecule has 0 saturated carbocycles. The number of benzene rings is 1. The van der Waals surface area contributed by atoms with E-state index in [0.29, 0.717) is 12.2 Å². The molecule has 2 aromatic heterocycles. The molecular formula is C15H14N4O2. The van der Waals surface area contributed by atoms with Gasteiger partial charge in [-0.1, -0.05) is 18.2 Å². The Morgan fingerprint density at radius 3 is 2.62 bits per heavy atom. The lowest BCUT2D eigenvalue weighted by atomic mass is 10.3. The average molecular weight is 282 g/mol. The second kappa shape index (κ2) is 5.24. The number of rotatable bonds is 4. The van der Waals surface area contributed by atoms with E-state index in [-0.39, 0.29) is 5.56 Å². The monoisotopic (exact) mass is 282 g/mol. The fraction of sp³-hybridized carbons (Fsp3) is 0.133. The number of carbonyl (C=O) groups is 1. The van der Waals surface area contributed by atoms with E-state index in [1.165, 1.54) is 6.20 Å². The van der Waals surface area contributed by atoms with Gasteiger partial charge in [-0.2, -0.15) is 10.2 Å². The minimum absolute atomic E-state index is 0.220. The van der Waals surface area contributed by atoms with Crippen molar-refractivity contribution in [1.82, 2.24) is 19.6 Å². The molecular weight excluding hydrogens is 268 g/mol. The topological polar surface area (TPSA) is 72.9 Å².